The molecule has 0 saturated heterocycles. The van der Waals surface area contributed by atoms with Crippen molar-refractivity contribution in [3.63, 3.8) is 0 Å². The third-order valence-corrected chi connectivity index (χ3v) is 5.53. The molecule has 1 aliphatic heterocycles. The molecule has 0 saturated carbocycles. The van der Waals surface area contributed by atoms with Gasteiger partial charge in [-0.1, -0.05) is 60.7 Å². The standard InChI is InChI=1S/C17H15O2P.5CO.W/c1-2-19-17(18)16-15(13-9-5-3-6-10-13)20(16)14-11-7-4-8-12-14;5*1-2;/h3-12H,2H2,1H3;;;;;;/t20-;;;;;;/m1....../s1. The van der Waals surface area contributed by atoms with Crippen molar-refractivity contribution in [2.45, 2.75) is 6.92 Å². The van der Waals surface area contributed by atoms with Crippen molar-refractivity contribution < 1.29 is 53.9 Å². The van der Waals surface area contributed by atoms with Crippen LogP contribution in [0.25, 0.3) is 5.31 Å². The van der Waals surface area contributed by atoms with Gasteiger partial charge in [-0.15, -0.1) is 0 Å². The fraction of sp³-hybridized carbons (Fsp3) is 0.0909. The van der Waals surface area contributed by atoms with E-state index in [4.69, 9.17) is 28.0 Å². The Morgan fingerprint density at radius 1 is 0.774 bits per heavy atom. The molecule has 0 spiro atoms. The molecule has 1 atom stereocenters. The second-order valence-corrected chi connectivity index (χ2v) is 6.54. The van der Waals surface area contributed by atoms with E-state index in [9.17, 15) is 4.79 Å². The van der Waals surface area contributed by atoms with Gasteiger partial charge in [-0.2, -0.15) is 0 Å². The van der Waals surface area contributed by atoms with Gasteiger partial charge in [0.25, 0.3) is 0 Å². The molecule has 3 rings (SSSR count). The zero-order valence-corrected chi connectivity index (χ0v) is 20.0. The minimum absolute atomic E-state index is 0. The topological polar surface area (TPSA) is 126 Å². The number of carbonyl (C=O) groups is 1. The summed E-state index contributed by atoms with van der Waals surface area (Å²) in [6, 6.07) is 20.3. The van der Waals surface area contributed by atoms with Crippen LogP contribution in [0.3, 0.4) is 0 Å². The summed E-state index contributed by atoms with van der Waals surface area (Å²) < 4.78 is 42.7. The molecule has 0 radical (unpaired) electrons. The van der Waals surface area contributed by atoms with Crippen molar-refractivity contribution in [3.8, 4) is 0 Å². The Kier molecular flexibility index (Phi) is 29.5. The first-order chi connectivity index (χ1) is 14.8. The van der Waals surface area contributed by atoms with Crippen molar-refractivity contribution in [1.82, 2.24) is 0 Å². The Morgan fingerprint density at radius 2 is 1.16 bits per heavy atom. The largest absolute Gasteiger partial charge is 0 e. The van der Waals surface area contributed by atoms with E-state index in [-0.39, 0.29) is 27.0 Å². The van der Waals surface area contributed by atoms with Crippen molar-refractivity contribution in [3.05, 3.63) is 105 Å². The Bertz CT molecular complexity index is 835. The Morgan fingerprint density at radius 3 is 1.55 bits per heavy atom. The molecule has 0 bridgehead atoms. The summed E-state index contributed by atoms with van der Waals surface area (Å²) >= 11 is 0. The molecule has 0 fully saturated rings. The number of esters is 1. The summed E-state index contributed by atoms with van der Waals surface area (Å²) in [5.41, 5.74) is 1.13. The van der Waals surface area contributed by atoms with Crippen LogP contribution in [0.15, 0.2) is 66.0 Å². The van der Waals surface area contributed by atoms with Crippen LogP contribution >= 0.6 is 7.92 Å². The van der Waals surface area contributed by atoms with Crippen molar-refractivity contribution in [2.75, 3.05) is 6.61 Å². The van der Waals surface area contributed by atoms with Crippen LogP contribution in [-0.4, -0.2) is 12.6 Å². The molecule has 2 aromatic rings. The molecule has 9 heteroatoms. The summed E-state index contributed by atoms with van der Waals surface area (Å²) in [6.45, 7) is 24.8. The third-order valence-electron chi connectivity index (χ3n) is 3.15. The van der Waals surface area contributed by atoms with Crippen LogP contribution in [-0.2, 0) is 53.9 Å². The molecule has 0 N–H and O–H groups in total. The fourth-order valence-corrected chi connectivity index (χ4v) is 4.59. The van der Waals surface area contributed by atoms with E-state index < -0.39 is 7.92 Å². The van der Waals surface area contributed by atoms with E-state index in [0.717, 1.165) is 16.2 Å². The van der Waals surface area contributed by atoms with Crippen LogP contribution in [0.1, 0.15) is 12.5 Å². The average Bonchev–Trinajstić information content (AvgIpc) is 3.63. The smallest absolute Gasteiger partial charge is 0 e. The van der Waals surface area contributed by atoms with Crippen molar-refractivity contribution in [1.29, 1.82) is 0 Å². The summed E-state index contributed by atoms with van der Waals surface area (Å²) in [5, 5.41) is 3.23. The van der Waals surface area contributed by atoms with Gasteiger partial charge in [-0.3, -0.25) is 0 Å². The van der Waals surface area contributed by atoms with Gasteiger partial charge in [-0.05, 0) is 25.7 Å². The number of ether oxygens (including phenoxy) is 1. The Balaban J connectivity index is -0.000000293. The first kappa shape index (κ1) is 35.9. The van der Waals surface area contributed by atoms with E-state index >= 15 is 0 Å². The number of rotatable bonds is 4. The normalized spacial score (nSPS) is 11.3. The van der Waals surface area contributed by atoms with Gasteiger partial charge in [0.15, 0.2) is 0 Å². The monoisotopic (exact) mass is 606 g/mol. The summed E-state index contributed by atoms with van der Waals surface area (Å²) in [5.74, 6) is -0.165. The van der Waals surface area contributed by atoms with E-state index in [1.807, 2.05) is 43.3 Å². The molecule has 0 aromatic heterocycles. The number of hydrogen-bond acceptors (Lipinski definition) is 2. The summed E-state index contributed by atoms with van der Waals surface area (Å²) in [4.78, 5) is 12.1. The van der Waals surface area contributed by atoms with Gasteiger partial charge in [0, 0.05) is 26.4 Å². The maximum atomic E-state index is 12.1. The van der Waals surface area contributed by atoms with Crippen LogP contribution in [0.2, 0.25) is 0 Å². The third kappa shape index (κ3) is 12.0. The number of hydrogen-bond donors (Lipinski definition) is 0. The molecule has 0 aliphatic carbocycles. The van der Waals surface area contributed by atoms with Crippen molar-refractivity contribution >= 4 is 24.5 Å². The molecule has 0 unspecified atom stereocenters. The first-order valence-corrected chi connectivity index (χ1v) is 9.01. The number of benzene rings is 2. The zero-order valence-electron chi connectivity index (χ0n) is 16.2. The van der Waals surface area contributed by atoms with Crippen LogP contribution < -0.4 is 5.30 Å². The van der Waals surface area contributed by atoms with E-state index in [2.05, 4.69) is 57.5 Å². The molecule has 1 heterocycles. The van der Waals surface area contributed by atoms with Gasteiger partial charge < -0.3 is 4.74 Å². The zero-order chi connectivity index (χ0) is 23.9. The Labute approximate surface area is 196 Å². The van der Waals surface area contributed by atoms with E-state index in [0.29, 0.717) is 6.61 Å². The Hall–Kier alpha value is -2.53. The molecular weight excluding hydrogens is 591 g/mol. The maximum absolute atomic E-state index is 12.1. The number of carbonyl (C=O) groups excluding carboxylic acids is 1. The fourth-order valence-electron chi connectivity index (χ4n) is 2.25. The molecule has 1 aliphatic rings. The molecular formula is C22H15O7PW. The van der Waals surface area contributed by atoms with Crippen molar-refractivity contribution in [2.24, 2.45) is 0 Å². The van der Waals surface area contributed by atoms with Crippen LogP contribution in [0.4, 0.5) is 0 Å². The molecule has 156 valence electrons. The van der Waals surface area contributed by atoms with Gasteiger partial charge in [0.1, 0.15) is 0 Å². The predicted molar refractivity (Wildman–Crippen MR) is 103 cm³/mol. The van der Waals surface area contributed by atoms with Crippen LogP contribution in [0.5, 0.6) is 0 Å². The average molecular weight is 606 g/mol. The summed E-state index contributed by atoms with van der Waals surface area (Å²) in [7, 11) is -0.641. The molecule has 31 heavy (non-hydrogen) atoms. The van der Waals surface area contributed by atoms with Gasteiger partial charge in [-0.25, -0.2) is 4.79 Å². The molecule has 2 aromatic carbocycles. The quantitative estimate of drug-likeness (QED) is 0.229. The van der Waals surface area contributed by atoms with Crippen LogP contribution in [0, 0.1) is 33.3 Å². The second kappa shape index (κ2) is 25.5. The summed E-state index contributed by atoms with van der Waals surface area (Å²) in [6.07, 6.45) is 0. The predicted octanol–water partition coefficient (Wildman–Crippen LogP) is 3.55. The first-order valence-electron chi connectivity index (χ1n) is 7.67. The van der Waals surface area contributed by atoms with Gasteiger partial charge >= 0.3 is 62.5 Å². The molecule has 0 amide bonds. The minimum atomic E-state index is -0.641. The second-order valence-electron chi connectivity index (χ2n) is 4.45. The van der Waals surface area contributed by atoms with Gasteiger partial charge in [0.05, 0.1) is 11.9 Å². The van der Waals surface area contributed by atoms with E-state index in [1.54, 1.807) is 0 Å². The molecule has 7 nitrogen and oxygen atoms in total. The SMILES string of the molecule is CCOC(=O)C1=C(c2ccccc2)[P@@]1c1ccccc1.[C-]#[O+].[C-]#[O+].[C-]#[O+].[C-]#[O+].[C-]#[O+].[W]. The van der Waals surface area contributed by atoms with E-state index in [1.165, 1.54) is 5.30 Å². The van der Waals surface area contributed by atoms with Gasteiger partial charge in [0.2, 0.25) is 0 Å². The minimum Gasteiger partial charge on any atom is 0 e. The maximum Gasteiger partial charge on any atom is 0 e.